The number of hydrogen-bond acceptors (Lipinski definition) is 6. The Bertz CT molecular complexity index is 1690. The molecule has 0 unspecified atom stereocenters. The van der Waals surface area contributed by atoms with E-state index in [1.807, 2.05) is 105 Å². The van der Waals surface area contributed by atoms with E-state index in [0.29, 0.717) is 12.2 Å². The number of nitrogens with one attached hydrogen (secondary N) is 3. The molecule has 0 spiro atoms. The smallest absolute Gasteiger partial charge is 0.405 e. The third kappa shape index (κ3) is 11.2. The zero-order valence-electron chi connectivity index (χ0n) is 29.4. The number of hydrogen-bond donors (Lipinski definition) is 5. The van der Waals surface area contributed by atoms with E-state index in [0.717, 1.165) is 33.5 Å². The van der Waals surface area contributed by atoms with Gasteiger partial charge in [-0.3, -0.25) is 14.6 Å². The molecule has 0 aliphatic carbocycles. The third-order valence-electron chi connectivity index (χ3n) is 8.53. The number of pyridine rings is 1. The molecule has 0 aliphatic rings. The van der Waals surface area contributed by atoms with Crippen LogP contribution in [0.15, 0.2) is 97.2 Å². The van der Waals surface area contributed by atoms with E-state index in [1.54, 1.807) is 27.0 Å². The molecule has 0 saturated heterocycles. The number of rotatable bonds is 15. The number of aryl methyl sites for hydroxylation is 2. The zero-order chi connectivity index (χ0) is 36.3. The van der Waals surface area contributed by atoms with Crippen molar-refractivity contribution in [3.05, 3.63) is 119 Å². The van der Waals surface area contributed by atoms with Crippen molar-refractivity contribution in [2.24, 2.45) is 5.41 Å². The fourth-order valence-electron chi connectivity index (χ4n) is 5.93. The largest absolute Gasteiger partial charge is 0.483 e. The molecular weight excluding hydrogens is 632 g/mol. The average molecular weight is 681 g/mol. The number of ether oxygens (including phenoxy) is 1. The molecule has 1 aromatic heterocycles. The topological polar surface area (TPSA) is 150 Å². The number of benzene rings is 3. The highest BCUT2D eigenvalue weighted by atomic mass is 16.5. The summed E-state index contributed by atoms with van der Waals surface area (Å²) in [6.07, 6.45) is 0.0683. The molecule has 0 aliphatic heterocycles. The second-order valence-corrected chi connectivity index (χ2v) is 13.7. The van der Waals surface area contributed by atoms with E-state index >= 15 is 0 Å². The van der Waals surface area contributed by atoms with E-state index in [1.165, 1.54) is 0 Å². The van der Waals surface area contributed by atoms with Gasteiger partial charge in [0.1, 0.15) is 11.8 Å². The van der Waals surface area contributed by atoms with Crippen LogP contribution >= 0.6 is 0 Å². The van der Waals surface area contributed by atoms with Crippen LogP contribution in [0.25, 0.3) is 11.3 Å². The lowest BCUT2D eigenvalue weighted by Crippen LogP contribution is -2.58. The number of amides is 3. The predicted octanol–water partition coefficient (Wildman–Crippen LogP) is 5.63. The predicted molar refractivity (Wildman–Crippen MR) is 194 cm³/mol. The van der Waals surface area contributed by atoms with Gasteiger partial charge in [-0.1, -0.05) is 99.6 Å². The average Bonchev–Trinajstić information content (AvgIpc) is 3.07. The van der Waals surface area contributed by atoms with Gasteiger partial charge in [0.05, 0.1) is 17.8 Å². The quantitative estimate of drug-likeness (QED) is 0.109. The number of nitrogens with zero attached hydrogens (tertiary/aromatic N) is 1. The van der Waals surface area contributed by atoms with Crippen molar-refractivity contribution in [2.45, 2.75) is 78.1 Å². The van der Waals surface area contributed by atoms with Crippen LogP contribution in [0.2, 0.25) is 0 Å². The molecule has 10 nitrogen and oxygen atoms in total. The molecule has 4 rings (SSSR count). The summed E-state index contributed by atoms with van der Waals surface area (Å²) in [5.41, 5.74) is 4.64. The Morgan fingerprint density at radius 2 is 1.42 bits per heavy atom. The van der Waals surface area contributed by atoms with Gasteiger partial charge in [0.2, 0.25) is 5.91 Å². The van der Waals surface area contributed by atoms with E-state index in [2.05, 4.69) is 20.9 Å². The Hall–Kier alpha value is -5.22. The van der Waals surface area contributed by atoms with Crippen LogP contribution in [-0.2, 0) is 22.4 Å². The van der Waals surface area contributed by atoms with Gasteiger partial charge in [-0.05, 0) is 72.9 Å². The molecule has 4 atom stereocenters. The first-order chi connectivity index (χ1) is 23.8. The van der Waals surface area contributed by atoms with Crippen LogP contribution in [-0.4, -0.2) is 63.9 Å². The maximum atomic E-state index is 13.7. The van der Waals surface area contributed by atoms with Gasteiger partial charge in [-0.25, -0.2) is 4.79 Å². The number of para-hydroxylation sites is 1. The van der Waals surface area contributed by atoms with Gasteiger partial charge in [-0.15, -0.1) is 0 Å². The maximum Gasteiger partial charge on any atom is 0.405 e. The minimum Gasteiger partial charge on any atom is -0.483 e. The Morgan fingerprint density at radius 3 is 2.02 bits per heavy atom. The van der Waals surface area contributed by atoms with Crippen LogP contribution in [0.5, 0.6) is 5.75 Å². The van der Waals surface area contributed by atoms with Crippen LogP contribution in [0.3, 0.4) is 0 Å². The number of carboxylic acid groups (broad SMARTS) is 1. The number of aliphatic hydroxyl groups is 1. The van der Waals surface area contributed by atoms with E-state index in [-0.39, 0.29) is 25.4 Å². The van der Waals surface area contributed by atoms with Gasteiger partial charge < -0.3 is 30.9 Å². The van der Waals surface area contributed by atoms with Crippen molar-refractivity contribution in [1.82, 2.24) is 20.9 Å². The molecule has 264 valence electrons. The normalized spacial score (nSPS) is 13.7. The van der Waals surface area contributed by atoms with Gasteiger partial charge in [0.15, 0.2) is 6.61 Å². The number of aliphatic hydroxyl groups excluding tert-OH is 1. The second-order valence-electron chi connectivity index (χ2n) is 13.7. The first-order valence-electron chi connectivity index (χ1n) is 16.8. The lowest BCUT2D eigenvalue weighted by molar-refractivity contribution is -0.127. The first-order valence-corrected chi connectivity index (χ1v) is 16.8. The Balaban J connectivity index is 1.57. The lowest BCUT2D eigenvalue weighted by atomic mass is 9.85. The molecular formula is C40H48N4O6. The summed E-state index contributed by atoms with van der Waals surface area (Å²) in [6, 6.07) is 26.4. The summed E-state index contributed by atoms with van der Waals surface area (Å²) in [7, 11) is 0. The highest BCUT2D eigenvalue weighted by Crippen LogP contribution is 2.24. The minimum atomic E-state index is -1.32. The molecule has 50 heavy (non-hydrogen) atoms. The number of carbonyl (C=O) groups is 3. The second kappa shape index (κ2) is 17.4. The van der Waals surface area contributed by atoms with Crippen molar-refractivity contribution in [3.63, 3.8) is 0 Å². The van der Waals surface area contributed by atoms with E-state index in [4.69, 9.17) is 4.74 Å². The van der Waals surface area contributed by atoms with Gasteiger partial charge in [0, 0.05) is 17.8 Å². The molecule has 0 fully saturated rings. The van der Waals surface area contributed by atoms with Crippen molar-refractivity contribution in [1.29, 1.82) is 0 Å². The summed E-state index contributed by atoms with van der Waals surface area (Å²) < 4.78 is 5.91. The molecule has 3 aromatic carbocycles. The SMILES string of the molecule is Cc1cccc(C)c1OCC(=O)N[C@@H](Cc1ccccc1)C[C@H](O)[C@H](Cc1ccc(-c2ccccn2)cc1)NC(=O)[C@@H](NC(=O)O)C(C)(C)C. The summed E-state index contributed by atoms with van der Waals surface area (Å²) in [5, 5.41) is 29.6. The Morgan fingerprint density at radius 1 is 0.780 bits per heavy atom. The summed E-state index contributed by atoms with van der Waals surface area (Å²) >= 11 is 0. The molecule has 0 bridgehead atoms. The fourth-order valence-corrected chi connectivity index (χ4v) is 5.93. The van der Waals surface area contributed by atoms with Crippen LogP contribution < -0.4 is 20.7 Å². The van der Waals surface area contributed by atoms with Gasteiger partial charge >= 0.3 is 6.09 Å². The Labute approximate surface area is 294 Å². The van der Waals surface area contributed by atoms with E-state index in [9.17, 15) is 24.6 Å². The fraction of sp³-hybridized carbons (Fsp3) is 0.350. The summed E-state index contributed by atoms with van der Waals surface area (Å²) in [5.74, 6) is -0.243. The molecule has 0 saturated carbocycles. The summed E-state index contributed by atoms with van der Waals surface area (Å²) in [6.45, 7) is 8.93. The summed E-state index contributed by atoms with van der Waals surface area (Å²) in [4.78, 5) is 42.9. The van der Waals surface area contributed by atoms with E-state index < -0.39 is 41.6 Å². The first kappa shape index (κ1) is 37.6. The van der Waals surface area contributed by atoms with Crippen molar-refractivity contribution < 1.29 is 29.3 Å². The van der Waals surface area contributed by atoms with Crippen LogP contribution in [0.1, 0.15) is 49.4 Å². The third-order valence-corrected chi connectivity index (χ3v) is 8.53. The Kier molecular flexibility index (Phi) is 13.1. The zero-order valence-corrected chi connectivity index (χ0v) is 29.4. The number of aromatic nitrogens is 1. The molecule has 1 heterocycles. The van der Waals surface area contributed by atoms with Crippen molar-refractivity contribution in [3.8, 4) is 17.0 Å². The van der Waals surface area contributed by atoms with Crippen molar-refractivity contribution in [2.75, 3.05) is 6.61 Å². The molecule has 3 amide bonds. The monoisotopic (exact) mass is 680 g/mol. The number of carbonyl (C=O) groups excluding carboxylic acids is 2. The van der Waals surface area contributed by atoms with Gasteiger partial charge in [0.25, 0.3) is 5.91 Å². The highest BCUT2D eigenvalue weighted by molar-refractivity contribution is 5.86. The van der Waals surface area contributed by atoms with Crippen LogP contribution in [0, 0.1) is 19.3 Å². The van der Waals surface area contributed by atoms with Crippen LogP contribution in [0.4, 0.5) is 4.79 Å². The molecule has 0 radical (unpaired) electrons. The molecule has 10 heteroatoms. The lowest BCUT2D eigenvalue weighted by Gasteiger charge is -2.33. The van der Waals surface area contributed by atoms with Crippen molar-refractivity contribution >= 4 is 17.9 Å². The highest BCUT2D eigenvalue weighted by Gasteiger charge is 2.35. The minimum absolute atomic E-state index is 0.105. The maximum absolute atomic E-state index is 13.7. The van der Waals surface area contributed by atoms with Gasteiger partial charge in [-0.2, -0.15) is 0 Å². The standard InChI is InChI=1S/C40H48N4O6/c1-26-12-11-13-27(2)36(26)50-25-35(46)42-31(22-28-14-7-6-8-15-28)24-34(45)33(43-38(47)37(40(3,4)5)44-39(48)49)23-29-17-19-30(20-18-29)32-16-9-10-21-41-32/h6-21,31,33-34,37,44-45H,22-25H2,1-5H3,(H,42,46)(H,43,47)(H,48,49)/t31-,33-,34-,37+/m0/s1. The molecule has 5 N–H and O–H groups in total. The molecule has 4 aromatic rings.